The first-order valence-corrected chi connectivity index (χ1v) is 9.90. The van der Waals surface area contributed by atoms with Gasteiger partial charge in [0.15, 0.2) is 9.79 Å². The van der Waals surface area contributed by atoms with E-state index in [1.807, 2.05) is 30.3 Å². The fourth-order valence-corrected chi connectivity index (χ4v) is 4.41. The topological polar surface area (TPSA) is 86.7 Å². The molecule has 0 aliphatic carbocycles. The van der Waals surface area contributed by atoms with E-state index < -0.39 is 21.3 Å². The van der Waals surface area contributed by atoms with Crippen LogP contribution in [0.4, 0.5) is 0 Å². The van der Waals surface area contributed by atoms with Gasteiger partial charge in [0.25, 0.3) is 10.1 Å². The van der Waals surface area contributed by atoms with E-state index in [0.29, 0.717) is 12.2 Å². The maximum Gasteiger partial charge on any atom is 0.264 e. The number of benzene rings is 2. The SMILES string of the molecule is O=S(=O)(O)CCCOc1ccc2c(c1)Cc1ccccc1[S+]2[O-].[Na]. The molecule has 8 heteroatoms. The third-order valence-electron chi connectivity index (χ3n) is 3.60. The van der Waals surface area contributed by atoms with Crippen molar-refractivity contribution in [2.45, 2.75) is 22.6 Å². The van der Waals surface area contributed by atoms with Gasteiger partial charge >= 0.3 is 0 Å². The zero-order valence-corrected chi connectivity index (χ0v) is 16.9. The second-order valence-corrected chi connectivity index (χ2v) is 8.30. The van der Waals surface area contributed by atoms with Crippen LogP contribution in [0, 0.1) is 0 Å². The molecule has 123 valence electrons. The molecule has 2 aromatic rings. The largest absolute Gasteiger partial charge is 0.606 e. The van der Waals surface area contributed by atoms with Crippen LogP contribution in [0.3, 0.4) is 0 Å². The molecule has 1 atom stereocenters. The Morgan fingerprint density at radius 2 is 1.83 bits per heavy atom. The number of hydrogen-bond donors (Lipinski definition) is 1. The van der Waals surface area contributed by atoms with E-state index in [4.69, 9.17) is 9.29 Å². The second kappa shape index (κ2) is 8.23. The van der Waals surface area contributed by atoms with Gasteiger partial charge in [0.1, 0.15) is 5.75 Å². The summed E-state index contributed by atoms with van der Waals surface area (Å²) in [6, 6.07) is 13.0. The van der Waals surface area contributed by atoms with Gasteiger partial charge in [-0.3, -0.25) is 4.55 Å². The predicted molar refractivity (Wildman–Crippen MR) is 92.6 cm³/mol. The van der Waals surface area contributed by atoms with Crippen LogP contribution in [0.1, 0.15) is 17.5 Å². The maximum atomic E-state index is 12.6. The number of ether oxygens (including phenoxy) is 1. The molecular weight excluding hydrogens is 359 g/mol. The van der Waals surface area contributed by atoms with Crippen LogP contribution in [0.5, 0.6) is 5.75 Å². The van der Waals surface area contributed by atoms with E-state index in [1.54, 1.807) is 12.1 Å². The Morgan fingerprint density at radius 1 is 1.12 bits per heavy atom. The smallest absolute Gasteiger partial charge is 0.264 e. The molecule has 3 rings (SSSR count). The molecule has 1 aliphatic rings. The van der Waals surface area contributed by atoms with E-state index in [9.17, 15) is 13.0 Å². The molecule has 0 spiro atoms. The second-order valence-electron chi connectivity index (χ2n) is 5.31. The van der Waals surface area contributed by atoms with Crippen molar-refractivity contribution in [1.29, 1.82) is 0 Å². The summed E-state index contributed by atoms with van der Waals surface area (Å²) in [7, 11) is -3.95. The molecule has 0 fully saturated rings. The molecule has 0 amide bonds. The molecule has 1 N–H and O–H groups in total. The molecule has 0 bridgehead atoms. The molecule has 1 unspecified atom stereocenters. The van der Waals surface area contributed by atoms with Crippen LogP contribution in [0.25, 0.3) is 0 Å². The number of hydrogen-bond acceptors (Lipinski definition) is 4. The minimum atomic E-state index is -3.95. The van der Waals surface area contributed by atoms with Gasteiger partial charge in [0.2, 0.25) is 0 Å². The van der Waals surface area contributed by atoms with Gasteiger partial charge in [0.05, 0.1) is 12.4 Å². The zero-order valence-electron chi connectivity index (χ0n) is 13.3. The van der Waals surface area contributed by atoms with Crippen LogP contribution in [0.15, 0.2) is 52.3 Å². The fourth-order valence-electron chi connectivity index (χ4n) is 2.55. The summed E-state index contributed by atoms with van der Waals surface area (Å²) in [5.74, 6) is 0.283. The molecule has 1 aliphatic heterocycles. The molecule has 24 heavy (non-hydrogen) atoms. The molecule has 1 heterocycles. The van der Waals surface area contributed by atoms with Crippen molar-refractivity contribution in [2.75, 3.05) is 12.4 Å². The van der Waals surface area contributed by atoms with E-state index in [2.05, 4.69) is 0 Å². The average Bonchev–Trinajstić information content (AvgIpc) is 2.51. The molecule has 1 radical (unpaired) electrons. The Morgan fingerprint density at radius 3 is 2.58 bits per heavy atom. The van der Waals surface area contributed by atoms with Crippen LogP contribution < -0.4 is 4.74 Å². The van der Waals surface area contributed by atoms with Crippen molar-refractivity contribution < 1.29 is 22.3 Å². The molecular formula is C16H16NaO5S2. The number of fused-ring (bicyclic) bond motifs is 2. The normalized spacial score (nSPS) is 15.8. The summed E-state index contributed by atoms with van der Waals surface area (Å²) >= 11 is -1.19. The van der Waals surface area contributed by atoms with E-state index >= 15 is 0 Å². The van der Waals surface area contributed by atoms with Crippen LogP contribution in [-0.2, 0) is 27.7 Å². The summed E-state index contributed by atoms with van der Waals surface area (Å²) in [4.78, 5) is 1.64. The van der Waals surface area contributed by atoms with Crippen molar-refractivity contribution in [3.8, 4) is 5.75 Å². The predicted octanol–water partition coefficient (Wildman–Crippen LogP) is 2.03. The quantitative estimate of drug-likeness (QED) is 0.374. The Bertz CT molecular complexity index is 823. The Kier molecular flexibility index (Phi) is 6.78. The monoisotopic (exact) mass is 375 g/mol. The maximum absolute atomic E-state index is 12.6. The summed E-state index contributed by atoms with van der Waals surface area (Å²) in [6.07, 6.45) is 0.907. The fraction of sp³-hybridized carbons (Fsp3) is 0.250. The Labute approximate surface area is 166 Å². The van der Waals surface area contributed by atoms with Gasteiger partial charge in [0, 0.05) is 58.3 Å². The van der Waals surface area contributed by atoms with E-state index in [-0.39, 0.29) is 48.3 Å². The van der Waals surface area contributed by atoms with Crippen LogP contribution >= 0.6 is 0 Å². The van der Waals surface area contributed by atoms with E-state index in [0.717, 1.165) is 20.9 Å². The molecule has 5 nitrogen and oxygen atoms in total. The summed E-state index contributed by atoms with van der Waals surface area (Å²) in [6.45, 7) is 0.193. The molecule has 2 aromatic carbocycles. The van der Waals surface area contributed by atoms with Crippen molar-refractivity contribution in [3.63, 3.8) is 0 Å². The van der Waals surface area contributed by atoms with Gasteiger partial charge in [-0.1, -0.05) is 18.2 Å². The van der Waals surface area contributed by atoms with Crippen LogP contribution in [0.2, 0.25) is 0 Å². The minimum absolute atomic E-state index is 0. The first-order valence-electron chi connectivity index (χ1n) is 7.14. The van der Waals surface area contributed by atoms with Crippen LogP contribution in [-0.4, -0.2) is 59.4 Å². The molecule has 0 saturated carbocycles. The summed E-state index contributed by atoms with van der Waals surface area (Å²) < 4.78 is 48.1. The third kappa shape index (κ3) is 4.76. The molecule has 0 aromatic heterocycles. The first-order chi connectivity index (χ1) is 10.9. The summed E-state index contributed by atoms with van der Waals surface area (Å²) in [5, 5.41) is 0. The standard InChI is InChI=1S/C16H16O5S2.Na/c17-22-15-5-2-1-4-12(15)10-13-11-14(6-7-16(13)22)21-8-3-9-23(18,19)20;/h1-2,4-7,11H,3,8-10H2,(H,18,19,20);. The third-order valence-corrected chi connectivity index (χ3v) is 6.00. The minimum Gasteiger partial charge on any atom is -0.606 e. The Hall–Kier alpha value is -0.540. The Balaban J connectivity index is 0.00000208. The van der Waals surface area contributed by atoms with Gasteiger partial charge in [-0.25, -0.2) is 0 Å². The summed E-state index contributed by atoms with van der Waals surface area (Å²) in [5.41, 5.74) is 2.00. The van der Waals surface area contributed by atoms with E-state index in [1.165, 1.54) is 0 Å². The number of rotatable bonds is 5. The van der Waals surface area contributed by atoms with Gasteiger partial charge < -0.3 is 9.29 Å². The van der Waals surface area contributed by atoms with Gasteiger partial charge in [-0.2, -0.15) is 8.42 Å². The average molecular weight is 375 g/mol. The molecule has 0 saturated heterocycles. The zero-order chi connectivity index (χ0) is 16.4. The van der Waals surface area contributed by atoms with Gasteiger partial charge in [-0.15, -0.1) is 0 Å². The van der Waals surface area contributed by atoms with Crippen molar-refractivity contribution >= 4 is 50.9 Å². The van der Waals surface area contributed by atoms with Crippen molar-refractivity contribution in [1.82, 2.24) is 0 Å². The van der Waals surface area contributed by atoms with Crippen molar-refractivity contribution in [3.05, 3.63) is 53.6 Å². The first kappa shape index (κ1) is 19.8. The van der Waals surface area contributed by atoms with Crippen molar-refractivity contribution in [2.24, 2.45) is 0 Å². The van der Waals surface area contributed by atoms with Gasteiger partial charge in [-0.05, 0) is 30.7 Å².